The minimum Gasteiger partial charge on any atom is -0.502 e. The Bertz CT molecular complexity index is 730. The quantitative estimate of drug-likeness (QED) is 0.531. The minimum absolute atomic E-state index is 0.0574. The number of nitro groups is 1. The van der Waals surface area contributed by atoms with E-state index in [-0.39, 0.29) is 23.0 Å². The van der Waals surface area contributed by atoms with Crippen molar-refractivity contribution < 1.29 is 24.0 Å². The molecular formula is C14H10FNO5. The highest BCUT2D eigenvalue weighted by Crippen LogP contribution is 2.36. The van der Waals surface area contributed by atoms with Crippen LogP contribution in [0.25, 0.3) is 11.1 Å². The maximum absolute atomic E-state index is 14.0. The van der Waals surface area contributed by atoms with Gasteiger partial charge in [-0.3, -0.25) is 14.9 Å². The molecule has 2 rings (SSSR count). The van der Waals surface area contributed by atoms with Crippen LogP contribution in [-0.2, 0) is 0 Å². The van der Waals surface area contributed by atoms with E-state index in [9.17, 15) is 24.4 Å². The normalized spacial score (nSPS) is 10.2. The van der Waals surface area contributed by atoms with E-state index in [1.54, 1.807) is 0 Å². The van der Waals surface area contributed by atoms with E-state index >= 15 is 0 Å². The zero-order chi connectivity index (χ0) is 15.6. The van der Waals surface area contributed by atoms with Crippen LogP contribution in [0.5, 0.6) is 11.5 Å². The molecule has 0 saturated carbocycles. The number of hydrogen-bond acceptors (Lipinski definition) is 5. The van der Waals surface area contributed by atoms with E-state index in [1.165, 1.54) is 25.3 Å². The smallest absolute Gasteiger partial charge is 0.312 e. The molecule has 6 nitrogen and oxygen atoms in total. The first-order valence-corrected chi connectivity index (χ1v) is 5.78. The number of phenols is 1. The second kappa shape index (κ2) is 5.58. The lowest BCUT2D eigenvalue weighted by molar-refractivity contribution is -0.385. The van der Waals surface area contributed by atoms with Crippen LogP contribution in [-0.4, -0.2) is 23.4 Å². The van der Waals surface area contributed by atoms with Gasteiger partial charge in [-0.05, 0) is 23.8 Å². The first-order valence-electron chi connectivity index (χ1n) is 5.78. The first kappa shape index (κ1) is 14.4. The second-order valence-electron chi connectivity index (χ2n) is 4.15. The summed E-state index contributed by atoms with van der Waals surface area (Å²) in [5.41, 5.74) is -0.775. The molecule has 0 radical (unpaired) electrons. The van der Waals surface area contributed by atoms with E-state index in [0.29, 0.717) is 5.75 Å². The minimum atomic E-state index is -0.840. The SMILES string of the molecule is COc1ccc(-c2cc(C=O)c(O)c([N+](=O)[O-])c2)c(F)c1. The number of halogens is 1. The third kappa shape index (κ3) is 2.66. The topological polar surface area (TPSA) is 89.7 Å². The van der Waals surface area contributed by atoms with Gasteiger partial charge in [0.1, 0.15) is 11.6 Å². The number of hydrogen-bond donors (Lipinski definition) is 1. The predicted octanol–water partition coefficient (Wildman–Crippen LogP) is 2.93. The van der Waals surface area contributed by atoms with Crippen molar-refractivity contribution in [2.75, 3.05) is 7.11 Å². The second-order valence-corrected chi connectivity index (χ2v) is 4.15. The summed E-state index contributed by atoms with van der Waals surface area (Å²) in [6, 6.07) is 6.17. The molecule has 0 bridgehead atoms. The lowest BCUT2D eigenvalue weighted by Crippen LogP contribution is -1.95. The molecule has 0 spiro atoms. The number of benzene rings is 2. The molecule has 0 unspecified atom stereocenters. The highest BCUT2D eigenvalue weighted by atomic mass is 19.1. The number of carbonyl (C=O) groups is 1. The Morgan fingerprint density at radius 1 is 1.33 bits per heavy atom. The summed E-state index contributed by atoms with van der Waals surface area (Å²) in [5, 5.41) is 20.5. The number of carbonyl (C=O) groups excluding carboxylic acids is 1. The summed E-state index contributed by atoms with van der Waals surface area (Å²) in [4.78, 5) is 20.9. The summed E-state index contributed by atoms with van der Waals surface area (Å²) in [7, 11) is 1.38. The molecule has 1 N–H and O–H groups in total. The summed E-state index contributed by atoms with van der Waals surface area (Å²) in [6.45, 7) is 0. The zero-order valence-corrected chi connectivity index (χ0v) is 10.9. The van der Waals surface area contributed by atoms with Gasteiger partial charge in [-0.1, -0.05) is 0 Å². The number of ether oxygens (including phenoxy) is 1. The Hall–Kier alpha value is -2.96. The van der Waals surface area contributed by atoms with Crippen molar-refractivity contribution in [2.24, 2.45) is 0 Å². The Kier molecular flexibility index (Phi) is 3.84. The van der Waals surface area contributed by atoms with Crippen LogP contribution >= 0.6 is 0 Å². The van der Waals surface area contributed by atoms with Crippen LogP contribution in [0, 0.1) is 15.9 Å². The fourth-order valence-corrected chi connectivity index (χ4v) is 1.88. The van der Waals surface area contributed by atoms with Gasteiger partial charge in [0.15, 0.2) is 6.29 Å². The molecule has 0 aliphatic carbocycles. The molecule has 2 aromatic carbocycles. The van der Waals surface area contributed by atoms with Crippen molar-refractivity contribution in [2.45, 2.75) is 0 Å². The molecule has 0 saturated heterocycles. The fourth-order valence-electron chi connectivity index (χ4n) is 1.88. The molecule has 0 aliphatic rings. The molecule has 0 heterocycles. The van der Waals surface area contributed by atoms with Crippen LogP contribution in [0.1, 0.15) is 10.4 Å². The van der Waals surface area contributed by atoms with Crippen molar-refractivity contribution in [3.05, 3.63) is 51.8 Å². The van der Waals surface area contributed by atoms with Crippen molar-refractivity contribution in [3.8, 4) is 22.6 Å². The molecule has 0 fully saturated rings. The molecule has 0 aromatic heterocycles. The highest BCUT2D eigenvalue weighted by molar-refractivity contribution is 5.86. The van der Waals surface area contributed by atoms with Crippen LogP contribution in [0.4, 0.5) is 10.1 Å². The van der Waals surface area contributed by atoms with Gasteiger partial charge in [0.25, 0.3) is 0 Å². The van der Waals surface area contributed by atoms with Crippen LogP contribution in [0.15, 0.2) is 30.3 Å². The van der Waals surface area contributed by atoms with Crippen molar-refractivity contribution in [1.82, 2.24) is 0 Å². The van der Waals surface area contributed by atoms with E-state index < -0.39 is 22.2 Å². The summed E-state index contributed by atoms with van der Waals surface area (Å²) < 4.78 is 18.9. The maximum Gasteiger partial charge on any atom is 0.312 e. The van der Waals surface area contributed by atoms with E-state index in [1.807, 2.05) is 0 Å². The lowest BCUT2D eigenvalue weighted by atomic mass is 10.0. The van der Waals surface area contributed by atoms with Crippen LogP contribution in [0.2, 0.25) is 0 Å². The molecule has 21 heavy (non-hydrogen) atoms. The number of aromatic hydroxyl groups is 1. The summed E-state index contributed by atoms with van der Waals surface area (Å²) in [5.74, 6) is -1.11. The van der Waals surface area contributed by atoms with Gasteiger partial charge >= 0.3 is 5.69 Å². The van der Waals surface area contributed by atoms with E-state index in [4.69, 9.17) is 4.74 Å². The summed E-state index contributed by atoms with van der Waals surface area (Å²) >= 11 is 0. The predicted molar refractivity (Wildman–Crippen MR) is 72.1 cm³/mol. The molecule has 0 amide bonds. The Morgan fingerprint density at radius 2 is 2.05 bits per heavy atom. The van der Waals surface area contributed by atoms with Crippen LogP contribution in [0.3, 0.4) is 0 Å². The van der Waals surface area contributed by atoms with E-state index in [0.717, 1.165) is 12.1 Å². The van der Waals surface area contributed by atoms with Crippen molar-refractivity contribution in [3.63, 3.8) is 0 Å². The van der Waals surface area contributed by atoms with Gasteiger partial charge in [-0.25, -0.2) is 4.39 Å². The van der Waals surface area contributed by atoms with Crippen molar-refractivity contribution >= 4 is 12.0 Å². The van der Waals surface area contributed by atoms with E-state index in [2.05, 4.69) is 0 Å². The number of aldehydes is 1. The first-order chi connectivity index (χ1) is 9.97. The monoisotopic (exact) mass is 291 g/mol. The van der Waals surface area contributed by atoms with Gasteiger partial charge in [0.05, 0.1) is 17.6 Å². The molecule has 7 heteroatoms. The lowest BCUT2D eigenvalue weighted by Gasteiger charge is -2.08. The number of nitro benzene ring substituents is 1. The Balaban J connectivity index is 2.66. The summed E-state index contributed by atoms with van der Waals surface area (Å²) in [6.07, 6.45) is 0.271. The highest BCUT2D eigenvalue weighted by Gasteiger charge is 2.20. The third-order valence-corrected chi connectivity index (χ3v) is 2.93. The Morgan fingerprint density at radius 3 is 2.57 bits per heavy atom. The molecule has 2 aromatic rings. The number of rotatable bonds is 4. The molecule has 0 atom stereocenters. The maximum atomic E-state index is 14.0. The van der Waals surface area contributed by atoms with Gasteiger partial charge in [0.2, 0.25) is 5.75 Å². The molecule has 108 valence electrons. The molecule has 0 aliphatic heterocycles. The third-order valence-electron chi connectivity index (χ3n) is 2.93. The number of methoxy groups -OCH3 is 1. The van der Waals surface area contributed by atoms with Gasteiger partial charge in [0, 0.05) is 17.7 Å². The van der Waals surface area contributed by atoms with Crippen molar-refractivity contribution in [1.29, 1.82) is 0 Å². The molecular weight excluding hydrogens is 281 g/mol. The average Bonchev–Trinajstić information content (AvgIpc) is 2.47. The standard InChI is InChI=1S/C14H10FNO5/c1-21-10-2-3-11(12(15)6-10)8-4-9(7-17)14(18)13(5-8)16(19)20/h2-7,18H,1H3. The number of phenolic OH excluding ortho intramolecular Hbond substituents is 1. The van der Waals surface area contributed by atoms with Crippen LogP contribution < -0.4 is 4.74 Å². The largest absolute Gasteiger partial charge is 0.502 e. The fraction of sp³-hybridized carbons (Fsp3) is 0.0714. The van der Waals surface area contributed by atoms with Gasteiger partial charge in [-0.15, -0.1) is 0 Å². The average molecular weight is 291 g/mol. The zero-order valence-electron chi connectivity index (χ0n) is 10.9. The van der Waals surface area contributed by atoms with Gasteiger partial charge in [-0.2, -0.15) is 0 Å². The number of nitrogens with zero attached hydrogens (tertiary/aromatic N) is 1. The van der Waals surface area contributed by atoms with Gasteiger partial charge < -0.3 is 9.84 Å². The Labute approximate surface area is 118 Å².